The molecule has 0 unspecified atom stereocenters. The monoisotopic (exact) mass is 474 g/mol. The Morgan fingerprint density at radius 2 is 1.70 bits per heavy atom. The van der Waals surface area contributed by atoms with Crippen LogP contribution in [0.2, 0.25) is 0 Å². The smallest absolute Gasteiger partial charge is 0.328 e. The topological polar surface area (TPSA) is 123 Å². The van der Waals surface area contributed by atoms with Crippen LogP contribution < -0.4 is 5.73 Å². The minimum absolute atomic E-state index is 0.0783. The van der Waals surface area contributed by atoms with Gasteiger partial charge in [0.05, 0.1) is 4.90 Å². The molecular formula is C24H27FN2O5S. The van der Waals surface area contributed by atoms with Crippen LogP contribution in [0.25, 0.3) is 16.8 Å². The van der Waals surface area contributed by atoms with Crippen LogP contribution in [-0.4, -0.2) is 42.0 Å². The summed E-state index contributed by atoms with van der Waals surface area (Å²) in [5.41, 5.74) is 7.45. The van der Waals surface area contributed by atoms with Gasteiger partial charge in [-0.25, -0.2) is 17.6 Å². The van der Waals surface area contributed by atoms with E-state index in [1.807, 2.05) is 0 Å². The molecule has 2 aromatic carbocycles. The molecule has 7 nitrogen and oxygen atoms in total. The van der Waals surface area contributed by atoms with Crippen molar-refractivity contribution in [1.29, 1.82) is 0 Å². The minimum atomic E-state index is -3.40. The van der Waals surface area contributed by atoms with E-state index in [4.69, 9.17) is 10.8 Å². The fourth-order valence-electron chi connectivity index (χ4n) is 3.99. The third-order valence-corrected chi connectivity index (χ3v) is 6.88. The van der Waals surface area contributed by atoms with Gasteiger partial charge >= 0.3 is 5.97 Å². The van der Waals surface area contributed by atoms with E-state index in [1.54, 1.807) is 42.0 Å². The maximum Gasteiger partial charge on any atom is 0.328 e. The number of carbonyl (C=O) groups is 1. The molecule has 0 saturated carbocycles. The van der Waals surface area contributed by atoms with Crippen LogP contribution >= 0.6 is 0 Å². The second-order valence-corrected chi connectivity index (χ2v) is 10.1. The molecular weight excluding hydrogens is 447 g/mol. The molecule has 0 bridgehead atoms. The predicted octanol–water partition coefficient (Wildman–Crippen LogP) is 3.40. The summed E-state index contributed by atoms with van der Waals surface area (Å²) in [6, 6.07) is 11.9. The van der Waals surface area contributed by atoms with Crippen LogP contribution in [0.15, 0.2) is 59.6 Å². The summed E-state index contributed by atoms with van der Waals surface area (Å²) in [6.07, 6.45) is 3.73. The van der Waals surface area contributed by atoms with Crippen molar-refractivity contribution in [2.24, 2.45) is 5.73 Å². The molecule has 3 rings (SSSR count). The van der Waals surface area contributed by atoms with Gasteiger partial charge in [-0.15, -0.1) is 0 Å². The van der Waals surface area contributed by atoms with E-state index in [0.29, 0.717) is 40.9 Å². The summed E-state index contributed by atoms with van der Waals surface area (Å²) >= 11 is 0. The quantitative estimate of drug-likeness (QED) is 0.409. The number of aliphatic carboxylic acids is 1. The zero-order valence-corrected chi connectivity index (χ0v) is 19.3. The Hall–Kier alpha value is -3.01. The maximum absolute atomic E-state index is 13.5. The molecule has 0 fully saturated rings. The van der Waals surface area contributed by atoms with Gasteiger partial charge in [0.25, 0.3) is 0 Å². The first-order valence-electron chi connectivity index (χ1n) is 10.4. The number of carboxylic acid groups (broad SMARTS) is 1. The van der Waals surface area contributed by atoms with E-state index >= 15 is 0 Å². The zero-order chi connectivity index (χ0) is 24.4. The Bertz CT molecular complexity index is 1250. The van der Waals surface area contributed by atoms with Gasteiger partial charge in [0.15, 0.2) is 9.84 Å². The summed E-state index contributed by atoms with van der Waals surface area (Å²) in [5.74, 6) is -1.61. The largest absolute Gasteiger partial charge is 0.480 e. The van der Waals surface area contributed by atoms with Gasteiger partial charge in [-0.2, -0.15) is 0 Å². The molecule has 0 saturated heterocycles. The molecule has 0 aliphatic heterocycles. The Morgan fingerprint density at radius 3 is 2.21 bits per heavy atom. The Labute approximate surface area is 192 Å². The van der Waals surface area contributed by atoms with Crippen molar-refractivity contribution in [3.63, 3.8) is 0 Å². The van der Waals surface area contributed by atoms with Crippen LogP contribution in [-0.2, 0) is 20.2 Å². The number of nitrogens with zero attached hydrogens (tertiary/aromatic N) is 1. The van der Waals surface area contributed by atoms with Crippen molar-refractivity contribution < 1.29 is 27.8 Å². The highest BCUT2D eigenvalue weighted by Crippen LogP contribution is 2.39. The molecule has 0 radical (unpaired) electrons. The van der Waals surface area contributed by atoms with Crippen LogP contribution in [0, 0.1) is 12.7 Å². The van der Waals surface area contributed by atoms with Crippen LogP contribution in [0.1, 0.15) is 30.5 Å². The van der Waals surface area contributed by atoms with Crippen LogP contribution in [0.3, 0.4) is 0 Å². The Balaban J connectivity index is 2.25. The first-order chi connectivity index (χ1) is 15.5. The third-order valence-electron chi connectivity index (χ3n) is 5.76. The van der Waals surface area contributed by atoms with Crippen molar-refractivity contribution >= 4 is 15.8 Å². The van der Waals surface area contributed by atoms with Gasteiger partial charge in [-0.1, -0.05) is 12.1 Å². The Morgan fingerprint density at radius 1 is 1.09 bits per heavy atom. The number of halogens is 1. The average molecular weight is 475 g/mol. The van der Waals surface area contributed by atoms with Crippen molar-refractivity contribution in [1.82, 2.24) is 4.57 Å². The second-order valence-electron chi connectivity index (χ2n) is 8.10. The summed E-state index contributed by atoms with van der Waals surface area (Å²) in [7, 11) is -3.40. The molecule has 1 atom stereocenters. The number of sulfone groups is 1. The molecule has 4 N–H and O–H groups in total. The lowest BCUT2D eigenvalue weighted by Gasteiger charge is -2.27. The molecule has 0 aliphatic rings. The van der Waals surface area contributed by atoms with E-state index in [9.17, 15) is 22.7 Å². The first kappa shape index (κ1) is 24.6. The molecule has 1 heterocycles. The number of nitrogens with two attached hydrogens (primary N) is 1. The van der Waals surface area contributed by atoms with Crippen molar-refractivity contribution in [3.8, 4) is 16.8 Å². The fourth-order valence-corrected chi connectivity index (χ4v) is 4.62. The predicted molar refractivity (Wildman–Crippen MR) is 123 cm³/mol. The SMILES string of the molecule is Cc1c([C@](N)(CCCCO)C(=O)O)c(-c2ccc(S(C)(=O)=O)cc2)cn1-c1ccc(F)cc1. The number of hydrogen-bond acceptors (Lipinski definition) is 5. The standard InChI is InChI=1S/C24H27FN2O5S/c1-16-22(24(26,23(29)30)13-3-4-14-28)21(15-27(16)19-9-7-18(25)8-10-19)17-5-11-20(12-6-17)33(2,31)32/h5-12,15,28H,3-4,13-14,26H2,1-2H3,(H,29,30)/t24-/m1/s1. The fraction of sp³-hybridized carbons (Fsp3) is 0.292. The summed E-state index contributed by atoms with van der Waals surface area (Å²) in [5, 5.41) is 19.3. The number of aromatic nitrogens is 1. The van der Waals surface area contributed by atoms with E-state index in [2.05, 4.69) is 0 Å². The molecule has 0 amide bonds. The van der Waals surface area contributed by atoms with E-state index in [1.165, 1.54) is 24.3 Å². The first-order valence-corrected chi connectivity index (χ1v) is 12.3. The summed E-state index contributed by atoms with van der Waals surface area (Å²) < 4.78 is 38.9. The van der Waals surface area contributed by atoms with Crippen LogP contribution in [0.4, 0.5) is 4.39 Å². The van der Waals surface area contributed by atoms with Crippen LogP contribution in [0.5, 0.6) is 0 Å². The summed E-state index contributed by atoms with van der Waals surface area (Å²) in [4.78, 5) is 12.5. The third kappa shape index (κ3) is 5.00. The van der Waals surface area contributed by atoms with Crippen molar-refractivity contribution in [3.05, 3.63) is 71.8 Å². The number of aliphatic hydroxyl groups is 1. The average Bonchev–Trinajstić information content (AvgIpc) is 3.11. The molecule has 33 heavy (non-hydrogen) atoms. The highest BCUT2D eigenvalue weighted by Gasteiger charge is 2.40. The lowest BCUT2D eigenvalue weighted by Crippen LogP contribution is -2.45. The Kier molecular flexibility index (Phi) is 7.06. The lowest BCUT2D eigenvalue weighted by molar-refractivity contribution is -0.144. The van der Waals surface area contributed by atoms with Gasteiger partial charge < -0.3 is 20.5 Å². The van der Waals surface area contributed by atoms with Crippen molar-refractivity contribution in [2.75, 3.05) is 12.9 Å². The van der Waals surface area contributed by atoms with Crippen molar-refractivity contribution in [2.45, 2.75) is 36.6 Å². The van der Waals surface area contributed by atoms with Gasteiger partial charge in [-0.3, -0.25) is 0 Å². The molecule has 0 spiro atoms. The highest BCUT2D eigenvalue weighted by molar-refractivity contribution is 7.90. The van der Waals surface area contributed by atoms with Gasteiger partial charge in [-0.05, 0) is 68.1 Å². The zero-order valence-electron chi connectivity index (χ0n) is 18.5. The van der Waals surface area contributed by atoms with Gasteiger partial charge in [0.1, 0.15) is 11.4 Å². The number of carboxylic acids is 1. The highest BCUT2D eigenvalue weighted by atomic mass is 32.2. The van der Waals surface area contributed by atoms with E-state index in [-0.39, 0.29) is 17.9 Å². The number of hydrogen-bond donors (Lipinski definition) is 3. The maximum atomic E-state index is 13.5. The van der Waals surface area contributed by atoms with Gasteiger partial charge in [0.2, 0.25) is 0 Å². The number of unbranched alkanes of at least 4 members (excludes halogenated alkanes) is 1. The molecule has 1 aromatic heterocycles. The van der Waals surface area contributed by atoms with E-state index < -0.39 is 27.2 Å². The molecule has 3 aromatic rings. The lowest BCUT2D eigenvalue weighted by atomic mass is 9.82. The number of rotatable bonds is 9. The molecule has 176 valence electrons. The molecule has 9 heteroatoms. The number of aliphatic hydroxyl groups excluding tert-OH is 1. The van der Waals surface area contributed by atoms with Gasteiger partial charge in [0, 0.05) is 41.6 Å². The second kappa shape index (κ2) is 9.46. The summed E-state index contributed by atoms with van der Waals surface area (Å²) in [6.45, 7) is 1.66. The van der Waals surface area contributed by atoms with E-state index in [0.717, 1.165) is 6.26 Å². The number of benzene rings is 2. The normalized spacial score (nSPS) is 13.6. The molecule has 0 aliphatic carbocycles. The minimum Gasteiger partial charge on any atom is -0.480 e.